The van der Waals surface area contributed by atoms with Crippen LogP contribution < -0.4 is 5.73 Å². The SMILES string of the molecule is CSCc1ccc(C(=O)N2CCCC[C@@H]2[C@@H](C)N)cc1. The summed E-state index contributed by atoms with van der Waals surface area (Å²) in [4.78, 5) is 14.6. The Morgan fingerprint density at radius 2 is 2.10 bits per heavy atom. The van der Waals surface area contributed by atoms with Gasteiger partial charge in [-0.25, -0.2) is 0 Å². The van der Waals surface area contributed by atoms with Gasteiger partial charge in [-0.1, -0.05) is 12.1 Å². The fourth-order valence-electron chi connectivity index (χ4n) is 2.83. The van der Waals surface area contributed by atoms with Crippen molar-refractivity contribution in [3.8, 4) is 0 Å². The number of likely N-dealkylation sites (tertiary alicyclic amines) is 1. The van der Waals surface area contributed by atoms with E-state index in [9.17, 15) is 4.79 Å². The highest BCUT2D eigenvalue weighted by Crippen LogP contribution is 2.22. The Bertz CT molecular complexity index is 444. The number of carbonyl (C=O) groups excluding carboxylic acids is 1. The fraction of sp³-hybridized carbons (Fsp3) is 0.562. The molecule has 1 fully saturated rings. The van der Waals surface area contributed by atoms with Gasteiger partial charge >= 0.3 is 0 Å². The van der Waals surface area contributed by atoms with Crippen molar-refractivity contribution >= 4 is 17.7 Å². The van der Waals surface area contributed by atoms with E-state index < -0.39 is 0 Å². The van der Waals surface area contributed by atoms with Gasteiger partial charge in [0.1, 0.15) is 0 Å². The molecule has 1 aromatic carbocycles. The van der Waals surface area contributed by atoms with Crippen LogP contribution in [0.2, 0.25) is 0 Å². The van der Waals surface area contributed by atoms with Gasteiger partial charge in [-0.15, -0.1) is 0 Å². The third kappa shape index (κ3) is 3.55. The van der Waals surface area contributed by atoms with Gasteiger partial charge < -0.3 is 10.6 Å². The van der Waals surface area contributed by atoms with E-state index in [4.69, 9.17) is 5.73 Å². The van der Waals surface area contributed by atoms with Crippen molar-refractivity contribution in [3.63, 3.8) is 0 Å². The summed E-state index contributed by atoms with van der Waals surface area (Å²) in [5, 5.41) is 0. The molecule has 1 aliphatic heterocycles. The van der Waals surface area contributed by atoms with Crippen molar-refractivity contribution in [1.29, 1.82) is 0 Å². The summed E-state index contributed by atoms with van der Waals surface area (Å²) in [7, 11) is 0. The number of thioether (sulfide) groups is 1. The largest absolute Gasteiger partial charge is 0.334 e. The molecule has 110 valence electrons. The summed E-state index contributed by atoms with van der Waals surface area (Å²) in [6, 6.07) is 8.21. The molecule has 0 saturated carbocycles. The number of nitrogens with zero attached hydrogens (tertiary/aromatic N) is 1. The lowest BCUT2D eigenvalue weighted by Gasteiger charge is -2.38. The maximum Gasteiger partial charge on any atom is 0.254 e. The number of benzene rings is 1. The molecule has 4 heteroatoms. The highest BCUT2D eigenvalue weighted by Gasteiger charge is 2.29. The molecule has 1 aromatic rings. The molecule has 1 aliphatic rings. The first-order valence-corrected chi connectivity index (χ1v) is 8.67. The maximum atomic E-state index is 12.6. The first-order valence-electron chi connectivity index (χ1n) is 7.28. The van der Waals surface area contributed by atoms with Crippen LogP contribution in [0.25, 0.3) is 0 Å². The Labute approximate surface area is 125 Å². The third-order valence-electron chi connectivity index (χ3n) is 3.93. The van der Waals surface area contributed by atoms with Gasteiger partial charge in [0.2, 0.25) is 0 Å². The number of rotatable bonds is 4. The molecule has 1 heterocycles. The number of hydrogen-bond donors (Lipinski definition) is 1. The second-order valence-corrected chi connectivity index (χ2v) is 6.42. The zero-order valence-corrected chi connectivity index (χ0v) is 13.2. The van der Waals surface area contributed by atoms with E-state index in [1.165, 1.54) is 12.0 Å². The van der Waals surface area contributed by atoms with Gasteiger partial charge in [0.05, 0.1) is 0 Å². The average Bonchev–Trinajstić information content (AvgIpc) is 2.47. The summed E-state index contributed by atoms with van der Waals surface area (Å²) >= 11 is 1.79. The molecule has 0 aliphatic carbocycles. The van der Waals surface area contributed by atoms with E-state index in [-0.39, 0.29) is 18.0 Å². The predicted octanol–water partition coefficient (Wildman–Crippen LogP) is 2.89. The van der Waals surface area contributed by atoms with Crippen LogP contribution in [-0.2, 0) is 5.75 Å². The van der Waals surface area contributed by atoms with E-state index in [0.29, 0.717) is 0 Å². The summed E-state index contributed by atoms with van der Waals surface area (Å²) in [6.45, 7) is 2.83. The Balaban J connectivity index is 2.12. The minimum Gasteiger partial charge on any atom is -0.334 e. The van der Waals surface area contributed by atoms with Gasteiger partial charge in [0.25, 0.3) is 5.91 Å². The monoisotopic (exact) mass is 292 g/mol. The van der Waals surface area contributed by atoms with Crippen molar-refractivity contribution in [3.05, 3.63) is 35.4 Å². The quantitative estimate of drug-likeness (QED) is 0.928. The standard InChI is InChI=1S/C16H24N2OS/c1-12(17)15-5-3-4-10-18(15)16(19)14-8-6-13(7-9-14)11-20-2/h6-9,12,15H,3-5,10-11,17H2,1-2H3/t12-,15-/m1/s1. The van der Waals surface area contributed by atoms with Gasteiger partial charge in [-0.05, 0) is 50.1 Å². The second kappa shape index (κ2) is 7.14. The van der Waals surface area contributed by atoms with Crippen molar-refractivity contribution in [2.45, 2.75) is 44.0 Å². The molecule has 2 rings (SSSR count). The van der Waals surface area contributed by atoms with Gasteiger partial charge in [-0.2, -0.15) is 11.8 Å². The van der Waals surface area contributed by atoms with E-state index in [1.54, 1.807) is 11.8 Å². The van der Waals surface area contributed by atoms with Gasteiger partial charge in [0.15, 0.2) is 0 Å². The maximum absolute atomic E-state index is 12.6. The number of hydrogen-bond acceptors (Lipinski definition) is 3. The lowest BCUT2D eigenvalue weighted by molar-refractivity contribution is 0.0584. The predicted molar refractivity (Wildman–Crippen MR) is 86.0 cm³/mol. The fourth-order valence-corrected chi connectivity index (χ4v) is 3.36. The van der Waals surface area contributed by atoms with Crippen molar-refractivity contribution in [2.75, 3.05) is 12.8 Å². The minimum atomic E-state index is 0.0371. The third-order valence-corrected chi connectivity index (χ3v) is 4.55. The summed E-state index contributed by atoms with van der Waals surface area (Å²) < 4.78 is 0. The van der Waals surface area contributed by atoms with E-state index >= 15 is 0 Å². The topological polar surface area (TPSA) is 46.3 Å². The first-order chi connectivity index (χ1) is 9.63. The molecule has 2 atom stereocenters. The summed E-state index contributed by atoms with van der Waals surface area (Å²) in [5.41, 5.74) is 8.08. The summed E-state index contributed by atoms with van der Waals surface area (Å²) in [5.74, 6) is 1.11. The van der Waals surface area contributed by atoms with Crippen LogP contribution in [0.5, 0.6) is 0 Å². The molecule has 1 amide bonds. The van der Waals surface area contributed by atoms with Crippen molar-refractivity contribution < 1.29 is 4.79 Å². The van der Waals surface area contributed by atoms with Crippen molar-refractivity contribution in [1.82, 2.24) is 4.90 Å². The molecule has 0 bridgehead atoms. The van der Waals surface area contributed by atoms with Crippen LogP contribution in [0.1, 0.15) is 42.1 Å². The zero-order valence-electron chi connectivity index (χ0n) is 12.3. The molecular weight excluding hydrogens is 268 g/mol. The number of carbonyl (C=O) groups is 1. The van der Waals surface area contributed by atoms with Crippen LogP contribution in [0.3, 0.4) is 0 Å². The van der Waals surface area contributed by atoms with Crippen LogP contribution in [0, 0.1) is 0 Å². The molecule has 20 heavy (non-hydrogen) atoms. The Kier molecular flexibility index (Phi) is 5.49. The molecule has 0 spiro atoms. The molecule has 0 aromatic heterocycles. The molecule has 3 nitrogen and oxygen atoms in total. The highest BCUT2D eigenvalue weighted by atomic mass is 32.2. The number of nitrogens with two attached hydrogens (primary N) is 1. The number of piperidine rings is 1. The van der Waals surface area contributed by atoms with Crippen LogP contribution in [0.15, 0.2) is 24.3 Å². The lowest BCUT2D eigenvalue weighted by Crippen LogP contribution is -2.51. The second-order valence-electron chi connectivity index (χ2n) is 5.55. The first kappa shape index (κ1) is 15.4. The van der Waals surface area contributed by atoms with E-state index in [0.717, 1.165) is 30.7 Å². The van der Waals surface area contributed by atoms with E-state index in [2.05, 4.69) is 18.4 Å². The lowest BCUT2D eigenvalue weighted by atomic mass is 9.96. The smallest absolute Gasteiger partial charge is 0.254 e. The number of amides is 1. The average molecular weight is 292 g/mol. The molecule has 1 saturated heterocycles. The summed E-state index contributed by atoms with van der Waals surface area (Å²) in [6.07, 6.45) is 5.36. The van der Waals surface area contributed by atoms with E-state index in [1.807, 2.05) is 24.0 Å². The van der Waals surface area contributed by atoms with Gasteiger partial charge in [-0.3, -0.25) is 4.79 Å². The zero-order chi connectivity index (χ0) is 14.5. The Hall–Kier alpha value is -1.00. The van der Waals surface area contributed by atoms with Crippen LogP contribution in [0.4, 0.5) is 0 Å². The van der Waals surface area contributed by atoms with Gasteiger partial charge in [0, 0.05) is 29.9 Å². The highest BCUT2D eigenvalue weighted by molar-refractivity contribution is 7.97. The molecule has 0 unspecified atom stereocenters. The molecule has 0 radical (unpaired) electrons. The van der Waals surface area contributed by atoms with Crippen molar-refractivity contribution in [2.24, 2.45) is 5.73 Å². The minimum absolute atomic E-state index is 0.0371. The Morgan fingerprint density at radius 1 is 1.40 bits per heavy atom. The normalized spacial score (nSPS) is 20.8. The Morgan fingerprint density at radius 3 is 2.70 bits per heavy atom. The van der Waals surface area contributed by atoms with Crippen LogP contribution in [-0.4, -0.2) is 35.7 Å². The molecular formula is C16H24N2OS. The van der Waals surface area contributed by atoms with Crippen LogP contribution >= 0.6 is 11.8 Å². The molecule has 2 N–H and O–H groups in total.